The Hall–Kier alpha value is -1.90. The van der Waals surface area contributed by atoms with E-state index in [1.807, 2.05) is 17.9 Å². The summed E-state index contributed by atoms with van der Waals surface area (Å²) in [4.78, 5) is 15.8. The first-order valence-electron chi connectivity index (χ1n) is 13.3. The minimum Gasteiger partial charge on any atom is -0.379 e. The number of carbonyl (C=O) groups excluding carboxylic acids is 1. The molecule has 0 spiro atoms. The Labute approximate surface area is 212 Å². The summed E-state index contributed by atoms with van der Waals surface area (Å²) in [6, 6.07) is 5.95. The zero-order valence-corrected chi connectivity index (χ0v) is 21.6. The molecule has 1 amide bonds. The molecule has 1 aromatic rings. The van der Waals surface area contributed by atoms with Gasteiger partial charge >= 0.3 is 6.18 Å². The summed E-state index contributed by atoms with van der Waals surface area (Å²) in [6.45, 7) is 9.18. The zero-order chi connectivity index (χ0) is 25.9. The highest BCUT2D eigenvalue weighted by Crippen LogP contribution is 2.46. The van der Waals surface area contributed by atoms with E-state index >= 15 is 0 Å². The standard InChI is InChI=1S/C28H39F3N2O3/c1-4-36-25-18-35-15-11-24(25)32-23-8-12-27(17-23,19(2)3)26(34)33-13-9-20(10-14-33)21-6-5-7-22(16-21)28(29,30)31/h5-7,9,16,19,23-25,32H,4,8,10-15,17-18H2,1-3H3/t23-,24?,25?,27?/m1/s1. The SMILES string of the molecule is CCOC1COCCC1N[C@@H]1CCC(C(=O)N2CC=C(c3cccc(C(F)(F)F)c3)CC2)(C(C)C)C1. The van der Waals surface area contributed by atoms with Crippen molar-refractivity contribution in [2.75, 3.05) is 32.9 Å². The van der Waals surface area contributed by atoms with Crippen molar-refractivity contribution in [3.8, 4) is 0 Å². The number of benzene rings is 1. The fourth-order valence-electron chi connectivity index (χ4n) is 6.09. The van der Waals surface area contributed by atoms with Gasteiger partial charge in [0, 0.05) is 38.4 Å². The minimum atomic E-state index is -4.36. The van der Waals surface area contributed by atoms with E-state index in [9.17, 15) is 18.0 Å². The minimum absolute atomic E-state index is 0.0370. The van der Waals surface area contributed by atoms with Crippen LogP contribution in [0.3, 0.4) is 0 Å². The number of nitrogens with one attached hydrogen (secondary N) is 1. The molecule has 3 unspecified atom stereocenters. The van der Waals surface area contributed by atoms with Crippen LogP contribution in [0, 0.1) is 11.3 Å². The average molecular weight is 509 g/mol. The van der Waals surface area contributed by atoms with E-state index in [-0.39, 0.29) is 30.0 Å². The van der Waals surface area contributed by atoms with Gasteiger partial charge in [-0.05, 0) is 68.2 Å². The molecule has 3 aliphatic rings. The first-order chi connectivity index (χ1) is 17.1. The number of hydrogen-bond donors (Lipinski definition) is 1. The van der Waals surface area contributed by atoms with E-state index in [0.29, 0.717) is 38.3 Å². The van der Waals surface area contributed by atoms with Crippen LogP contribution in [0.25, 0.3) is 5.57 Å². The van der Waals surface area contributed by atoms with E-state index in [0.717, 1.165) is 43.9 Å². The summed E-state index contributed by atoms with van der Waals surface area (Å²) in [5, 5.41) is 3.79. The molecule has 2 heterocycles. The molecule has 0 bridgehead atoms. The molecule has 0 aromatic heterocycles. The number of carbonyl (C=O) groups is 1. The third kappa shape index (κ3) is 5.81. The quantitative estimate of drug-likeness (QED) is 0.543. The largest absolute Gasteiger partial charge is 0.416 e. The van der Waals surface area contributed by atoms with Crippen molar-refractivity contribution in [1.82, 2.24) is 10.2 Å². The molecule has 1 N–H and O–H groups in total. The average Bonchev–Trinajstić information content (AvgIpc) is 3.30. The van der Waals surface area contributed by atoms with Crippen LogP contribution in [-0.4, -0.2) is 61.9 Å². The van der Waals surface area contributed by atoms with Crippen molar-refractivity contribution in [2.24, 2.45) is 11.3 Å². The monoisotopic (exact) mass is 508 g/mol. The van der Waals surface area contributed by atoms with E-state index < -0.39 is 17.2 Å². The number of ether oxygens (including phenoxy) is 2. The third-order valence-corrected chi connectivity index (χ3v) is 8.27. The second-order valence-corrected chi connectivity index (χ2v) is 10.7. The van der Waals surface area contributed by atoms with Gasteiger partial charge in [0.2, 0.25) is 5.91 Å². The molecule has 8 heteroatoms. The van der Waals surface area contributed by atoms with Crippen molar-refractivity contribution < 1.29 is 27.4 Å². The number of nitrogens with zero attached hydrogens (tertiary/aromatic N) is 1. The van der Waals surface area contributed by atoms with Gasteiger partial charge in [0.15, 0.2) is 0 Å². The Morgan fingerprint density at radius 3 is 2.78 bits per heavy atom. The lowest BCUT2D eigenvalue weighted by Gasteiger charge is -2.39. The summed E-state index contributed by atoms with van der Waals surface area (Å²) in [6.07, 6.45) is 1.63. The van der Waals surface area contributed by atoms with Gasteiger partial charge in [-0.3, -0.25) is 4.79 Å². The van der Waals surface area contributed by atoms with Gasteiger partial charge < -0.3 is 19.7 Å². The lowest BCUT2D eigenvalue weighted by molar-refractivity contribution is -0.144. The maximum Gasteiger partial charge on any atom is 0.416 e. The van der Waals surface area contributed by atoms with Crippen LogP contribution >= 0.6 is 0 Å². The zero-order valence-electron chi connectivity index (χ0n) is 21.6. The number of alkyl halides is 3. The number of amides is 1. The first-order valence-corrected chi connectivity index (χ1v) is 13.3. The Bertz CT molecular complexity index is 946. The van der Waals surface area contributed by atoms with Crippen LogP contribution < -0.4 is 5.32 Å². The molecule has 5 nitrogen and oxygen atoms in total. The van der Waals surface area contributed by atoms with Gasteiger partial charge in [-0.15, -0.1) is 0 Å². The van der Waals surface area contributed by atoms with Crippen LogP contribution in [0.15, 0.2) is 30.3 Å². The molecular formula is C28H39F3N2O3. The maximum atomic E-state index is 13.9. The molecule has 1 saturated carbocycles. The van der Waals surface area contributed by atoms with Crippen molar-refractivity contribution >= 4 is 11.5 Å². The van der Waals surface area contributed by atoms with Gasteiger partial charge in [0.05, 0.1) is 23.7 Å². The molecule has 1 aliphatic carbocycles. The van der Waals surface area contributed by atoms with Crippen molar-refractivity contribution in [1.29, 1.82) is 0 Å². The summed E-state index contributed by atoms with van der Waals surface area (Å²) < 4.78 is 50.9. The number of hydrogen-bond acceptors (Lipinski definition) is 4. The highest BCUT2D eigenvalue weighted by Gasteiger charge is 2.50. The molecular weight excluding hydrogens is 469 g/mol. The fraction of sp³-hybridized carbons (Fsp3) is 0.679. The van der Waals surface area contributed by atoms with Gasteiger partial charge in [-0.25, -0.2) is 0 Å². The third-order valence-electron chi connectivity index (χ3n) is 8.27. The van der Waals surface area contributed by atoms with Crippen molar-refractivity contribution in [2.45, 2.75) is 77.2 Å². The van der Waals surface area contributed by atoms with E-state index in [1.54, 1.807) is 6.07 Å². The van der Waals surface area contributed by atoms with Crippen LogP contribution in [0.5, 0.6) is 0 Å². The smallest absolute Gasteiger partial charge is 0.379 e. The van der Waals surface area contributed by atoms with Crippen LogP contribution in [0.2, 0.25) is 0 Å². The van der Waals surface area contributed by atoms with Crippen LogP contribution in [0.4, 0.5) is 13.2 Å². The summed E-state index contributed by atoms with van der Waals surface area (Å²) >= 11 is 0. The van der Waals surface area contributed by atoms with E-state index in [4.69, 9.17) is 9.47 Å². The fourth-order valence-corrected chi connectivity index (χ4v) is 6.09. The predicted molar refractivity (Wildman–Crippen MR) is 133 cm³/mol. The Kier molecular flexibility index (Phi) is 8.47. The van der Waals surface area contributed by atoms with Gasteiger partial charge in [0.1, 0.15) is 0 Å². The maximum absolute atomic E-state index is 13.9. The molecule has 2 aliphatic heterocycles. The molecule has 200 valence electrons. The molecule has 1 saturated heterocycles. The van der Waals surface area contributed by atoms with E-state index in [1.165, 1.54) is 12.1 Å². The number of halogens is 3. The second kappa shape index (κ2) is 11.2. The highest BCUT2D eigenvalue weighted by molar-refractivity contribution is 5.84. The molecule has 1 aromatic carbocycles. The Balaban J connectivity index is 1.42. The molecule has 4 atom stereocenters. The lowest BCUT2D eigenvalue weighted by atomic mass is 9.74. The molecule has 0 radical (unpaired) electrons. The van der Waals surface area contributed by atoms with Gasteiger partial charge in [-0.2, -0.15) is 13.2 Å². The summed E-state index contributed by atoms with van der Waals surface area (Å²) in [7, 11) is 0. The van der Waals surface area contributed by atoms with Crippen LogP contribution in [-0.2, 0) is 20.4 Å². The normalized spacial score (nSPS) is 29.5. The van der Waals surface area contributed by atoms with Crippen LogP contribution in [0.1, 0.15) is 64.0 Å². The van der Waals surface area contributed by atoms with E-state index in [2.05, 4.69) is 19.2 Å². The first kappa shape index (κ1) is 27.1. The summed E-state index contributed by atoms with van der Waals surface area (Å²) in [5.41, 5.74) is 0.391. The van der Waals surface area contributed by atoms with Gasteiger partial charge in [0.25, 0.3) is 0 Å². The molecule has 2 fully saturated rings. The second-order valence-electron chi connectivity index (χ2n) is 10.7. The van der Waals surface area contributed by atoms with Crippen molar-refractivity contribution in [3.63, 3.8) is 0 Å². The van der Waals surface area contributed by atoms with Gasteiger partial charge in [-0.1, -0.05) is 32.1 Å². The predicted octanol–water partition coefficient (Wildman–Crippen LogP) is 5.30. The van der Waals surface area contributed by atoms with Crippen molar-refractivity contribution in [3.05, 3.63) is 41.5 Å². The highest BCUT2D eigenvalue weighted by atomic mass is 19.4. The Morgan fingerprint density at radius 1 is 1.31 bits per heavy atom. The summed E-state index contributed by atoms with van der Waals surface area (Å²) in [5.74, 6) is 0.373. The molecule has 36 heavy (non-hydrogen) atoms. The number of rotatable bonds is 7. The Morgan fingerprint density at radius 2 is 2.11 bits per heavy atom. The topological polar surface area (TPSA) is 50.8 Å². The lowest BCUT2D eigenvalue weighted by Crippen LogP contribution is -2.52. The molecule has 4 rings (SSSR count).